The lowest BCUT2D eigenvalue weighted by molar-refractivity contribution is -0.111. The maximum atomic E-state index is 13.1. The molecular weight excluding hydrogens is 598 g/mol. The van der Waals surface area contributed by atoms with Gasteiger partial charge in [-0.2, -0.15) is 10.1 Å². The molecule has 1 aliphatic rings. The Balaban J connectivity index is 1.53. The second-order valence-corrected chi connectivity index (χ2v) is 11.7. The largest absolute Gasteiger partial charge is 0.494 e. The number of ether oxygens (including phenoxy) is 2. The van der Waals surface area contributed by atoms with Crippen LogP contribution in [0.15, 0.2) is 67.5 Å². The number of amides is 1. The van der Waals surface area contributed by atoms with Crippen LogP contribution < -0.4 is 25.6 Å². The third kappa shape index (κ3) is 7.69. The van der Waals surface area contributed by atoms with E-state index >= 15 is 0 Å². The molecule has 13 nitrogen and oxygen atoms in total. The number of anilines is 6. The number of benzene rings is 2. The molecule has 47 heavy (non-hydrogen) atoms. The van der Waals surface area contributed by atoms with Crippen molar-refractivity contribution in [1.82, 2.24) is 24.6 Å². The van der Waals surface area contributed by atoms with Gasteiger partial charge in [0.1, 0.15) is 11.3 Å². The van der Waals surface area contributed by atoms with E-state index in [4.69, 9.17) is 14.5 Å². The molecule has 1 unspecified atom stereocenters. The van der Waals surface area contributed by atoms with E-state index < -0.39 is 5.97 Å². The summed E-state index contributed by atoms with van der Waals surface area (Å²) in [5.41, 5.74) is 4.34. The van der Waals surface area contributed by atoms with Crippen molar-refractivity contribution in [1.29, 1.82) is 0 Å². The maximum Gasteiger partial charge on any atom is 0.343 e. The first-order chi connectivity index (χ1) is 22.6. The number of carbonyl (C=O) groups is 2. The highest BCUT2D eigenvalue weighted by Crippen LogP contribution is 2.40. The molecule has 2 aromatic heterocycles. The van der Waals surface area contributed by atoms with Crippen LogP contribution in [0.2, 0.25) is 0 Å². The van der Waals surface area contributed by atoms with Gasteiger partial charge in [-0.3, -0.25) is 9.48 Å². The average Bonchev–Trinajstić information content (AvgIpc) is 3.71. The van der Waals surface area contributed by atoms with E-state index in [1.165, 1.54) is 12.3 Å². The van der Waals surface area contributed by atoms with Gasteiger partial charge in [0, 0.05) is 55.9 Å². The number of hydrogen-bond acceptors (Lipinski definition) is 11. The Labute approximate surface area is 274 Å². The summed E-state index contributed by atoms with van der Waals surface area (Å²) < 4.78 is 13.0. The molecule has 13 heteroatoms. The van der Waals surface area contributed by atoms with Crippen LogP contribution in [0, 0.1) is 0 Å². The second kappa shape index (κ2) is 14.3. The minimum atomic E-state index is -0.567. The van der Waals surface area contributed by atoms with Crippen molar-refractivity contribution < 1.29 is 19.1 Å². The number of nitrogens with zero attached hydrogens (tertiary/aromatic N) is 6. The predicted octanol–water partition coefficient (Wildman–Crippen LogP) is 5.20. The van der Waals surface area contributed by atoms with Gasteiger partial charge in [0.2, 0.25) is 11.9 Å². The summed E-state index contributed by atoms with van der Waals surface area (Å²) >= 11 is 0. The van der Waals surface area contributed by atoms with Crippen LogP contribution in [-0.2, 0) is 16.6 Å². The molecule has 2 aromatic carbocycles. The highest BCUT2D eigenvalue weighted by Gasteiger charge is 2.27. The fraction of sp³-hybridized carbons (Fsp3) is 0.324. The minimum Gasteiger partial charge on any atom is -0.494 e. The molecule has 1 amide bonds. The molecule has 1 atom stereocenters. The Bertz CT molecular complexity index is 1770. The highest BCUT2D eigenvalue weighted by molar-refractivity contribution is 6.02. The topological polar surface area (TPSA) is 139 Å². The third-order valence-electron chi connectivity index (χ3n) is 7.76. The molecule has 0 radical (unpaired) electrons. The van der Waals surface area contributed by atoms with Gasteiger partial charge < -0.3 is 35.2 Å². The lowest BCUT2D eigenvalue weighted by Gasteiger charge is -2.25. The van der Waals surface area contributed by atoms with Crippen LogP contribution in [0.5, 0.6) is 5.75 Å². The Morgan fingerprint density at radius 1 is 1.11 bits per heavy atom. The monoisotopic (exact) mass is 639 g/mol. The Morgan fingerprint density at radius 3 is 2.55 bits per heavy atom. The first-order valence-corrected chi connectivity index (χ1v) is 15.3. The molecule has 4 aromatic rings. The number of esters is 1. The third-order valence-corrected chi connectivity index (χ3v) is 7.76. The van der Waals surface area contributed by atoms with Crippen molar-refractivity contribution >= 4 is 46.4 Å². The zero-order valence-corrected chi connectivity index (χ0v) is 27.6. The van der Waals surface area contributed by atoms with E-state index in [2.05, 4.69) is 56.5 Å². The molecule has 3 N–H and O–H groups in total. The number of rotatable bonds is 12. The summed E-state index contributed by atoms with van der Waals surface area (Å²) in [6, 6.07) is 13.6. The van der Waals surface area contributed by atoms with Crippen molar-refractivity contribution in [3.8, 4) is 17.0 Å². The SMILES string of the molecule is C=CC(=O)Nc1cc(Nc2ncc(C(=O)OC(C)C)c(Nc3ccccc3-c3ccn(C)n3)n2)c(OC)cc1N1CCC(N(C)C)C1. The van der Waals surface area contributed by atoms with Crippen LogP contribution in [0.25, 0.3) is 11.3 Å². The Kier molecular flexibility index (Phi) is 10.0. The van der Waals surface area contributed by atoms with E-state index in [-0.39, 0.29) is 29.3 Å². The maximum absolute atomic E-state index is 13.1. The number of hydrogen-bond donors (Lipinski definition) is 3. The van der Waals surface area contributed by atoms with E-state index in [9.17, 15) is 9.59 Å². The standard InChI is InChI=1S/C34H41N9O4/c1-8-31(44)36-27-17-28(30(46-7)18-29(27)43-16-13-22(20-43)41(4)5)38-34-35-19-24(33(45)47-21(2)3)32(39-34)37-25-12-10-9-11-23(25)26-14-15-42(6)40-26/h8-12,14-15,17-19,21-22H,1,13,16,20H2,2-7H3,(H,36,44)(H2,35,37,38,39). The molecule has 1 saturated heterocycles. The van der Waals surface area contributed by atoms with Gasteiger partial charge in [-0.1, -0.05) is 24.8 Å². The van der Waals surface area contributed by atoms with Gasteiger partial charge in [-0.05, 0) is 58.6 Å². The molecular formula is C34H41N9O4. The van der Waals surface area contributed by atoms with E-state index in [0.29, 0.717) is 28.9 Å². The molecule has 0 saturated carbocycles. The van der Waals surface area contributed by atoms with Gasteiger partial charge in [0.05, 0.1) is 36.0 Å². The van der Waals surface area contributed by atoms with Crippen molar-refractivity contribution in [2.45, 2.75) is 32.4 Å². The molecule has 0 aliphatic carbocycles. The number of likely N-dealkylation sites (N-methyl/N-ethyl adjacent to an activating group) is 1. The smallest absolute Gasteiger partial charge is 0.343 e. The molecule has 246 valence electrons. The van der Waals surface area contributed by atoms with Gasteiger partial charge >= 0.3 is 5.97 Å². The van der Waals surface area contributed by atoms with E-state index in [1.807, 2.05) is 49.6 Å². The summed E-state index contributed by atoms with van der Waals surface area (Å²) in [5.74, 6) is 0.0334. The van der Waals surface area contributed by atoms with E-state index in [1.54, 1.807) is 31.7 Å². The van der Waals surface area contributed by atoms with Crippen molar-refractivity contribution in [2.75, 3.05) is 55.1 Å². The highest BCUT2D eigenvalue weighted by atomic mass is 16.5. The summed E-state index contributed by atoms with van der Waals surface area (Å²) in [6.07, 6.45) is 5.15. The van der Waals surface area contributed by atoms with Gasteiger partial charge in [0.25, 0.3) is 0 Å². The number of carbonyl (C=O) groups excluding carboxylic acids is 2. The predicted molar refractivity (Wildman–Crippen MR) is 184 cm³/mol. The van der Waals surface area contributed by atoms with Crippen LogP contribution in [0.3, 0.4) is 0 Å². The summed E-state index contributed by atoms with van der Waals surface area (Å²) in [5, 5.41) is 14.0. The summed E-state index contributed by atoms with van der Waals surface area (Å²) in [6.45, 7) is 8.79. The quantitative estimate of drug-likeness (QED) is 0.139. The number of methoxy groups -OCH3 is 1. The Hall–Kier alpha value is -5.43. The fourth-order valence-electron chi connectivity index (χ4n) is 5.35. The van der Waals surface area contributed by atoms with Crippen molar-refractivity contribution in [2.24, 2.45) is 7.05 Å². The molecule has 3 heterocycles. The number of aryl methyl sites for hydroxylation is 1. The van der Waals surface area contributed by atoms with Gasteiger partial charge in [0.15, 0.2) is 5.82 Å². The lowest BCUT2D eigenvalue weighted by atomic mass is 10.1. The van der Waals surface area contributed by atoms with Gasteiger partial charge in [-0.25, -0.2) is 9.78 Å². The van der Waals surface area contributed by atoms with E-state index in [0.717, 1.165) is 36.5 Å². The molecule has 0 spiro atoms. The fourth-order valence-corrected chi connectivity index (χ4v) is 5.35. The number of para-hydroxylation sites is 1. The number of aromatic nitrogens is 4. The average molecular weight is 640 g/mol. The van der Waals surface area contributed by atoms with Crippen molar-refractivity contribution in [3.05, 3.63) is 73.1 Å². The second-order valence-electron chi connectivity index (χ2n) is 11.7. The molecule has 0 bridgehead atoms. The molecule has 1 fully saturated rings. The first kappa shape index (κ1) is 32.9. The normalized spacial score (nSPS) is 14.3. The summed E-state index contributed by atoms with van der Waals surface area (Å²) in [7, 11) is 7.56. The first-order valence-electron chi connectivity index (χ1n) is 15.3. The van der Waals surface area contributed by atoms with Crippen LogP contribution in [-0.4, -0.2) is 83.0 Å². The van der Waals surface area contributed by atoms with Crippen LogP contribution in [0.4, 0.5) is 34.5 Å². The zero-order valence-electron chi connectivity index (χ0n) is 27.6. The number of nitrogens with one attached hydrogen (secondary N) is 3. The molecule has 5 rings (SSSR count). The zero-order chi connectivity index (χ0) is 33.7. The van der Waals surface area contributed by atoms with Crippen LogP contribution >= 0.6 is 0 Å². The Morgan fingerprint density at radius 2 is 1.89 bits per heavy atom. The molecule has 1 aliphatic heterocycles. The summed E-state index contributed by atoms with van der Waals surface area (Å²) in [4.78, 5) is 39.2. The van der Waals surface area contributed by atoms with Crippen LogP contribution in [0.1, 0.15) is 30.6 Å². The van der Waals surface area contributed by atoms with Crippen molar-refractivity contribution in [3.63, 3.8) is 0 Å². The minimum absolute atomic E-state index is 0.158. The lowest BCUT2D eigenvalue weighted by Crippen LogP contribution is -2.31. The van der Waals surface area contributed by atoms with Gasteiger partial charge in [-0.15, -0.1) is 0 Å².